The van der Waals surface area contributed by atoms with E-state index in [0.717, 1.165) is 41.8 Å². The largest absolute Gasteiger partial charge is 0.435 e. The summed E-state index contributed by atoms with van der Waals surface area (Å²) < 4.78 is 44.6. The Balaban J connectivity index is 1.76. The van der Waals surface area contributed by atoms with Crippen LogP contribution in [-0.2, 0) is 25.8 Å². The third kappa shape index (κ3) is 5.67. The van der Waals surface area contributed by atoms with Crippen LogP contribution < -0.4 is 4.90 Å². The summed E-state index contributed by atoms with van der Waals surface area (Å²) in [6.45, 7) is 8.55. The Labute approximate surface area is 210 Å². The van der Waals surface area contributed by atoms with Crippen molar-refractivity contribution in [3.8, 4) is 0 Å². The number of unbranched alkanes of at least 4 members (excludes halogenated alkanes) is 1. The zero-order chi connectivity index (χ0) is 25.2. The number of nitrogens with zero attached hydrogens (tertiary/aromatic N) is 4. The molecule has 2 heterocycles. The van der Waals surface area contributed by atoms with E-state index in [4.69, 9.17) is 11.6 Å². The maximum atomic E-state index is 14.3. The van der Waals surface area contributed by atoms with Gasteiger partial charge in [0, 0.05) is 26.2 Å². The molecule has 0 unspecified atom stereocenters. The van der Waals surface area contributed by atoms with Crippen LogP contribution >= 0.6 is 11.6 Å². The Kier molecular flexibility index (Phi) is 7.77. The smallest absolute Gasteiger partial charge is 0.312 e. The molecule has 8 heteroatoms. The maximum Gasteiger partial charge on any atom is 0.435 e. The van der Waals surface area contributed by atoms with Crippen LogP contribution in [0.25, 0.3) is 0 Å². The fourth-order valence-corrected chi connectivity index (χ4v) is 5.32. The van der Waals surface area contributed by atoms with Gasteiger partial charge in [-0.2, -0.15) is 13.2 Å². The predicted molar refractivity (Wildman–Crippen MR) is 135 cm³/mol. The second-order valence-corrected chi connectivity index (χ2v) is 9.73. The van der Waals surface area contributed by atoms with E-state index in [1.54, 1.807) is 4.57 Å². The number of halogens is 4. The van der Waals surface area contributed by atoms with Crippen molar-refractivity contribution in [3.05, 3.63) is 75.6 Å². The number of hydrogen-bond donors (Lipinski definition) is 0. The Bertz CT molecular complexity index is 1130. The molecular weight excluding hydrogens is 473 g/mol. The Morgan fingerprint density at radius 2 is 1.80 bits per heavy atom. The average molecular weight is 505 g/mol. The molecule has 4 rings (SSSR count). The van der Waals surface area contributed by atoms with Gasteiger partial charge >= 0.3 is 6.18 Å². The van der Waals surface area contributed by atoms with Gasteiger partial charge in [0.2, 0.25) is 5.95 Å². The molecule has 0 saturated carbocycles. The number of rotatable bonds is 8. The highest BCUT2D eigenvalue weighted by atomic mass is 35.5. The van der Waals surface area contributed by atoms with E-state index in [9.17, 15) is 13.2 Å². The third-order valence-electron chi connectivity index (χ3n) is 6.44. The van der Waals surface area contributed by atoms with E-state index in [1.165, 1.54) is 0 Å². The van der Waals surface area contributed by atoms with Gasteiger partial charge in [0.05, 0.1) is 16.4 Å². The molecule has 0 radical (unpaired) electrons. The molecule has 0 amide bonds. The predicted octanol–water partition coefficient (Wildman–Crippen LogP) is 7.52. The molecule has 188 valence electrons. The number of alkyl halides is 3. The quantitative estimate of drug-likeness (QED) is 0.317. The summed E-state index contributed by atoms with van der Waals surface area (Å²) >= 11 is 6.59. The molecular formula is C27H32ClF3N4. The number of imidazole rings is 1. The van der Waals surface area contributed by atoms with E-state index in [0.29, 0.717) is 37.0 Å². The monoisotopic (exact) mass is 504 g/mol. The topological polar surface area (TPSA) is 24.3 Å². The summed E-state index contributed by atoms with van der Waals surface area (Å²) in [6.07, 6.45) is -1.94. The van der Waals surface area contributed by atoms with E-state index in [2.05, 4.69) is 16.8 Å². The van der Waals surface area contributed by atoms with Gasteiger partial charge in [-0.15, -0.1) is 0 Å². The summed E-state index contributed by atoms with van der Waals surface area (Å²) in [6, 6.07) is 13.7. The first-order valence-corrected chi connectivity index (χ1v) is 12.5. The minimum atomic E-state index is -4.54. The van der Waals surface area contributed by atoms with Crippen molar-refractivity contribution in [1.82, 2.24) is 14.5 Å². The molecule has 0 saturated heterocycles. The molecule has 35 heavy (non-hydrogen) atoms. The minimum absolute atomic E-state index is 0.186. The average Bonchev–Trinajstić information content (AvgIpc) is 3.17. The molecule has 1 aromatic heterocycles. The van der Waals surface area contributed by atoms with Crippen molar-refractivity contribution >= 4 is 23.2 Å². The van der Waals surface area contributed by atoms with E-state index in [1.807, 2.05) is 61.2 Å². The van der Waals surface area contributed by atoms with Crippen LogP contribution in [-0.4, -0.2) is 27.5 Å². The van der Waals surface area contributed by atoms with Crippen LogP contribution in [0.5, 0.6) is 0 Å². The molecule has 0 atom stereocenters. The lowest BCUT2D eigenvalue weighted by Crippen LogP contribution is -2.31. The molecule has 4 nitrogen and oxygen atoms in total. The highest BCUT2D eigenvalue weighted by molar-refractivity contribution is 6.33. The second-order valence-electron chi connectivity index (χ2n) is 9.32. The van der Waals surface area contributed by atoms with E-state index in [-0.39, 0.29) is 12.2 Å². The lowest BCUT2D eigenvalue weighted by atomic mass is 10.1. The Morgan fingerprint density at radius 3 is 2.46 bits per heavy atom. The Hall–Kier alpha value is -2.51. The van der Waals surface area contributed by atoms with Crippen molar-refractivity contribution in [1.29, 1.82) is 0 Å². The van der Waals surface area contributed by atoms with Crippen LogP contribution in [0, 0.1) is 13.8 Å². The molecule has 2 aromatic carbocycles. The van der Waals surface area contributed by atoms with Crippen LogP contribution in [0.1, 0.15) is 54.3 Å². The molecule has 3 aromatic rings. The first kappa shape index (κ1) is 25.6. The van der Waals surface area contributed by atoms with Gasteiger partial charge in [0.15, 0.2) is 5.69 Å². The maximum absolute atomic E-state index is 14.3. The first-order chi connectivity index (χ1) is 16.7. The minimum Gasteiger partial charge on any atom is -0.312 e. The zero-order valence-corrected chi connectivity index (χ0v) is 21.3. The normalized spacial score (nSPS) is 14.0. The van der Waals surface area contributed by atoms with Crippen LogP contribution in [0.2, 0.25) is 5.02 Å². The zero-order valence-electron chi connectivity index (χ0n) is 20.5. The number of benzene rings is 2. The van der Waals surface area contributed by atoms with Crippen molar-refractivity contribution in [3.63, 3.8) is 0 Å². The highest BCUT2D eigenvalue weighted by Crippen LogP contribution is 2.41. The first-order valence-electron chi connectivity index (χ1n) is 12.2. The SMILES string of the molecule is CCCCN(Cc1ccccc1)Cc1c(C(F)(F)F)nc2n1CCCN2c1c(C)cc(C)cc1Cl. The summed E-state index contributed by atoms with van der Waals surface area (Å²) in [5.74, 6) is 0.322. The van der Waals surface area contributed by atoms with Crippen LogP contribution in [0.3, 0.4) is 0 Å². The molecule has 1 aliphatic heterocycles. The summed E-state index contributed by atoms with van der Waals surface area (Å²) in [5.41, 5.74) is 3.19. The summed E-state index contributed by atoms with van der Waals surface area (Å²) in [4.78, 5) is 8.16. The number of aromatic nitrogens is 2. The molecule has 0 spiro atoms. The second kappa shape index (κ2) is 10.6. The molecule has 0 bridgehead atoms. The molecule has 0 N–H and O–H groups in total. The van der Waals surface area contributed by atoms with Crippen molar-refractivity contribution in [2.45, 2.75) is 65.8 Å². The highest BCUT2D eigenvalue weighted by Gasteiger charge is 2.41. The third-order valence-corrected chi connectivity index (χ3v) is 6.73. The lowest BCUT2D eigenvalue weighted by Gasteiger charge is -2.32. The van der Waals surface area contributed by atoms with Gasteiger partial charge in [-0.05, 0) is 56.0 Å². The van der Waals surface area contributed by atoms with Gasteiger partial charge in [-0.25, -0.2) is 4.98 Å². The number of fused-ring (bicyclic) bond motifs is 1. The fourth-order valence-electron chi connectivity index (χ4n) is 4.90. The summed E-state index contributed by atoms with van der Waals surface area (Å²) in [7, 11) is 0. The van der Waals surface area contributed by atoms with Crippen LogP contribution in [0.4, 0.5) is 24.8 Å². The van der Waals surface area contributed by atoms with Crippen molar-refractivity contribution in [2.75, 3.05) is 18.0 Å². The summed E-state index contributed by atoms with van der Waals surface area (Å²) in [5, 5.41) is 0.530. The standard InChI is InChI=1S/C27H32ClF3N4/c1-4-5-12-33(17-21-10-7-6-8-11-21)18-23-25(27(29,30)31)32-26-34(23)13-9-14-35(26)24-20(3)15-19(2)16-22(24)28/h6-8,10-11,15-16H,4-5,9,12-14,17-18H2,1-3H3. The van der Waals surface area contributed by atoms with Gasteiger partial charge in [-0.1, -0.05) is 61.3 Å². The van der Waals surface area contributed by atoms with Gasteiger partial charge in [-0.3, -0.25) is 4.90 Å². The van der Waals surface area contributed by atoms with Crippen LogP contribution in [0.15, 0.2) is 42.5 Å². The molecule has 1 aliphatic rings. The van der Waals surface area contributed by atoms with E-state index < -0.39 is 11.9 Å². The number of aryl methyl sites for hydroxylation is 2. The Morgan fingerprint density at radius 1 is 1.06 bits per heavy atom. The van der Waals surface area contributed by atoms with Crippen molar-refractivity contribution < 1.29 is 13.2 Å². The van der Waals surface area contributed by atoms with Crippen molar-refractivity contribution in [2.24, 2.45) is 0 Å². The molecule has 0 aliphatic carbocycles. The van der Waals surface area contributed by atoms with Gasteiger partial charge in [0.1, 0.15) is 0 Å². The fraction of sp³-hybridized carbons (Fsp3) is 0.444. The number of hydrogen-bond acceptors (Lipinski definition) is 3. The molecule has 0 fully saturated rings. The lowest BCUT2D eigenvalue weighted by molar-refractivity contribution is -0.141. The van der Waals surface area contributed by atoms with Gasteiger partial charge in [0.25, 0.3) is 0 Å². The number of anilines is 2. The van der Waals surface area contributed by atoms with Gasteiger partial charge < -0.3 is 9.47 Å². The van der Waals surface area contributed by atoms with E-state index >= 15 is 0 Å².